The van der Waals surface area contributed by atoms with Crippen molar-refractivity contribution < 1.29 is 4.79 Å². The number of amides is 1. The van der Waals surface area contributed by atoms with Gasteiger partial charge < -0.3 is 15.5 Å². The van der Waals surface area contributed by atoms with Gasteiger partial charge in [-0.05, 0) is 32.1 Å². The zero-order valence-corrected chi connectivity index (χ0v) is 11.0. The van der Waals surface area contributed by atoms with E-state index in [-0.39, 0.29) is 5.91 Å². The van der Waals surface area contributed by atoms with Crippen LogP contribution in [0.1, 0.15) is 22.5 Å². The average molecular weight is 248 g/mol. The second kappa shape index (κ2) is 5.46. The van der Waals surface area contributed by atoms with Crippen LogP contribution in [0, 0.1) is 0 Å². The Bertz CT molecular complexity index is 435. The molecule has 2 heterocycles. The lowest BCUT2D eigenvalue weighted by Gasteiger charge is -2.24. The van der Waals surface area contributed by atoms with Crippen LogP contribution in [-0.2, 0) is 6.54 Å². The summed E-state index contributed by atoms with van der Waals surface area (Å²) in [6.07, 6.45) is 2.68. The number of likely N-dealkylation sites (tertiary alicyclic amines) is 1. The zero-order chi connectivity index (χ0) is 13.1. The van der Waals surface area contributed by atoms with Crippen molar-refractivity contribution in [3.05, 3.63) is 29.6 Å². The van der Waals surface area contributed by atoms with Gasteiger partial charge in [-0.1, -0.05) is 0 Å². The maximum atomic E-state index is 12.3. The molecule has 2 rings (SSSR count). The number of aromatic nitrogens is 1. The van der Waals surface area contributed by atoms with Crippen LogP contribution in [0.5, 0.6) is 0 Å². The molecule has 2 N–H and O–H groups in total. The van der Waals surface area contributed by atoms with Gasteiger partial charge in [-0.2, -0.15) is 0 Å². The molecule has 18 heavy (non-hydrogen) atoms. The molecular weight excluding hydrogens is 228 g/mol. The van der Waals surface area contributed by atoms with Gasteiger partial charge in [0.1, 0.15) is 0 Å². The second-order valence-corrected chi connectivity index (χ2v) is 4.86. The second-order valence-electron chi connectivity index (χ2n) is 4.86. The number of hydrogen-bond donors (Lipinski definition) is 1. The van der Waals surface area contributed by atoms with Gasteiger partial charge >= 0.3 is 0 Å². The molecule has 0 bridgehead atoms. The molecule has 1 aromatic heterocycles. The summed E-state index contributed by atoms with van der Waals surface area (Å²) in [7, 11) is 3.95. The van der Waals surface area contributed by atoms with E-state index in [0.29, 0.717) is 18.2 Å². The molecule has 1 saturated heterocycles. The Morgan fingerprint density at radius 3 is 3.06 bits per heavy atom. The fraction of sp³-hybridized carbons (Fsp3) is 0.538. The van der Waals surface area contributed by atoms with Gasteiger partial charge in [-0.25, -0.2) is 0 Å². The molecule has 0 spiro atoms. The Balaban J connectivity index is 2.10. The summed E-state index contributed by atoms with van der Waals surface area (Å²) < 4.78 is 0. The third kappa shape index (κ3) is 2.68. The molecule has 0 saturated carbocycles. The first-order valence-electron chi connectivity index (χ1n) is 6.22. The Morgan fingerprint density at radius 2 is 2.44 bits per heavy atom. The lowest BCUT2D eigenvalue weighted by molar-refractivity contribution is 0.0737. The molecule has 5 heteroatoms. The lowest BCUT2D eigenvalue weighted by Crippen LogP contribution is -2.38. The van der Waals surface area contributed by atoms with Gasteiger partial charge in [0.05, 0.1) is 5.69 Å². The van der Waals surface area contributed by atoms with Gasteiger partial charge in [0.25, 0.3) is 5.91 Å². The van der Waals surface area contributed by atoms with Gasteiger partial charge in [-0.3, -0.25) is 9.78 Å². The highest BCUT2D eigenvalue weighted by atomic mass is 16.2. The quantitative estimate of drug-likeness (QED) is 0.836. The maximum absolute atomic E-state index is 12.3. The highest BCUT2D eigenvalue weighted by Gasteiger charge is 2.26. The van der Waals surface area contributed by atoms with Crippen molar-refractivity contribution >= 4 is 5.91 Å². The van der Waals surface area contributed by atoms with E-state index in [1.807, 2.05) is 11.9 Å². The van der Waals surface area contributed by atoms with Crippen LogP contribution >= 0.6 is 0 Å². The fourth-order valence-corrected chi connectivity index (χ4v) is 2.32. The molecule has 0 aliphatic carbocycles. The van der Waals surface area contributed by atoms with E-state index in [1.165, 1.54) is 0 Å². The molecule has 1 aromatic rings. The normalized spacial score (nSPS) is 20.1. The van der Waals surface area contributed by atoms with Crippen LogP contribution in [0.25, 0.3) is 0 Å². The molecule has 0 radical (unpaired) electrons. The SMILES string of the molecule is CN1CCC(N(C)C(=O)c2ccnc(CN)c2)C1. The minimum absolute atomic E-state index is 0.0485. The van der Waals surface area contributed by atoms with Crippen LogP contribution in [0.4, 0.5) is 0 Å². The van der Waals surface area contributed by atoms with E-state index in [1.54, 1.807) is 18.3 Å². The third-order valence-corrected chi connectivity index (χ3v) is 3.51. The number of nitrogens with two attached hydrogens (primary N) is 1. The monoisotopic (exact) mass is 248 g/mol. The van der Waals surface area contributed by atoms with Crippen molar-refractivity contribution in [1.29, 1.82) is 0 Å². The molecule has 1 atom stereocenters. The van der Waals surface area contributed by atoms with Gasteiger partial charge in [-0.15, -0.1) is 0 Å². The van der Waals surface area contributed by atoms with Crippen LogP contribution in [0.15, 0.2) is 18.3 Å². The Kier molecular flexibility index (Phi) is 3.93. The van der Waals surface area contributed by atoms with Crippen molar-refractivity contribution in [1.82, 2.24) is 14.8 Å². The minimum Gasteiger partial charge on any atom is -0.337 e. The zero-order valence-electron chi connectivity index (χ0n) is 11.0. The Hall–Kier alpha value is -1.46. The number of likely N-dealkylation sites (N-methyl/N-ethyl adjacent to an activating group) is 2. The van der Waals surface area contributed by atoms with Gasteiger partial charge in [0.2, 0.25) is 0 Å². The first kappa shape index (κ1) is 13.0. The summed E-state index contributed by atoms with van der Waals surface area (Å²) in [5.41, 5.74) is 6.96. The maximum Gasteiger partial charge on any atom is 0.254 e. The largest absolute Gasteiger partial charge is 0.337 e. The highest BCUT2D eigenvalue weighted by Crippen LogP contribution is 2.15. The van der Waals surface area contributed by atoms with Crippen molar-refractivity contribution in [2.75, 3.05) is 27.2 Å². The summed E-state index contributed by atoms with van der Waals surface area (Å²) in [5, 5.41) is 0. The van der Waals surface area contributed by atoms with Crippen LogP contribution in [0.3, 0.4) is 0 Å². The third-order valence-electron chi connectivity index (χ3n) is 3.51. The number of carbonyl (C=O) groups is 1. The summed E-state index contributed by atoms with van der Waals surface area (Å²) in [6.45, 7) is 2.35. The van der Waals surface area contributed by atoms with Gasteiger partial charge in [0, 0.05) is 37.9 Å². The topological polar surface area (TPSA) is 62.5 Å². The van der Waals surface area contributed by atoms with E-state index in [2.05, 4.69) is 16.9 Å². The van der Waals surface area contributed by atoms with Crippen LogP contribution in [-0.4, -0.2) is 53.9 Å². The lowest BCUT2D eigenvalue weighted by atomic mass is 10.1. The van der Waals surface area contributed by atoms with E-state index >= 15 is 0 Å². The van der Waals surface area contributed by atoms with Crippen molar-refractivity contribution in [3.63, 3.8) is 0 Å². The number of hydrogen-bond acceptors (Lipinski definition) is 4. The molecule has 1 unspecified atom stereocenters. The number of rotatable bonds is 3. The first-order valence-corrected chi connectivity index (χ1v) is 6.22. The molecule has 1 amide bonds. The summed E-state index contributed by atoms with van der Waals surface area (Å²) >= 11 is 0. The molecule has 98 valence electrons. The molecule has 1 aliphatic rings. The molecule has 1 aliphatic heterocycles. The van der Waals surface area contributed by atoms with Crippen molar-refractivity contribution in [3.8, 4) is 0 Å². The number of carbonyl (C=O) groups excluding carboxylic acids is 1. The van der Waals surface area contributed by atoms with Gasteiger partial charge in [0.15, 0.2) is 0 Å². The number of nitrogens with zero attached hydrogens (tertiary/aromatic N) is 3. The van der Waals surface area contributed by atoms with Crippen molar-refractivity contribution in [2.45, 2.75) is 19.0 Å². The van der Waals surface area contributed by atoms with Crippen LogP contribution < -0.4 is 5.73 Å². The summed E-state index contributed by atoms with van der Waals surface area (Å²) in [5.74, 6) is 0.0485. The van der Waals surface area contributed by atoms with E-state index in [4.69, 9.17) is 5.73 Å². The van der Waals surface area contributed by atoms with E-state index in [9.17, 15) is 4.79 Å². The van der Waals surface area contributed by atoms with E-state index in [0.717, 1.165) is 25.2 Å². The minimum atomic E-state index is 0.0485. The summed E-state index contributed by atoms with van der Waals surface area (Å²) in [4.78, 5) is 20.5. The Morgan fingerprint density at radius 1 is 1.67 bits per heavy atom. The average Bonchev–Trinajstić information content (AvgIpc) is 2.83. The molecular formula is C13H20N4O. The predicted molar refractivity (Wildman–Crippen MR) is 70.1 cm³/mol. The number of pyridine rings is 1. The molecule has 5 nitrogen and oxygen atoms in total. The highest BCUT2D eigenvalue weighted by molar-refractivity contribution is 5.94. The summed E-state index contributed by atoms with van der Waals surface area (Å²) in [6, 6.07) is 3.82. The fourth-order valence-electron chi connectivity index (χ4n) is 2.32. The van der Waals surface area contributed by atoms with Crippen LogP contribution in [0.2, 0.25) is 0 Å². The molecule has 0 aromatic carbocycles. The standard InChI is InChI=1S/C13H20N4O/c1-16-6-4-12(9-16)17(2)13(18)10-3-5-15-11(7-10)8-14/h3,5,7,12H,4,6,8-9,14H2,1-2H3. The first-order chi connectivity index (χ1) is 8.61. The Labute approximate surface area is 108 Å². The predicted octanol–water partition coefficient (Wildman–Crippen LogP) is 0.316. The smallest absolute Gasteiger partial charge is 0.254 e. The molecule has 1 fully saturated rings. The van der Waals surface area contributed by atoms with E-state index < -0.39 is 0 Å². The van der Waals surface area contributed by atoms with Crippen molar-refractivity contribution in [2.24, 2.45) is 5.73 Å².